The van der Waals surface area contributed by atoms with Gasteiger partial charge in [0.05, 0.1) is 11.4 Å². The summed E-state index contributed by atoms with van der Waals surface area (Å²) in [6.45, 7) is 6.39. The van der Waals surface area contributed by atoms with Crippen LogP contribution in [0.2, 0.25) is 0 Å². The predicted molar refractivity (Wildman–Crippen MR) is 92.6 cm³/mol. The van der Waals surface area contributed by atoms with Gasteiger partial charge < -0.3 is 0 Å². The maximum absolute atomic E-state index is 4.60. The molecule has 0 amide bonds. The van der Waals surface area contributed by atoms with Crippen molar-refractivity contribution in [1.29, 1.82) is 0 Å². The van der Waals surface area contributed by atoms with E-state index >= 15 is 0 Å². The molecule has 120 valence electrons. The van der Waals surface area contributed by atoms with E-state index in [4.69, 9.17) is 0 Å². The lowest BCUT2D eigenvalue weighted by molar-refractivity contribution is 0.871. The molecule has 0 aromatic carbocycles. The van der Waals surface area contributed by atoms with Gasteiger partial charge in [0.25, 0.3) is 0 Å². The van der Waals surface area contributed by atoms with Gasteiger partial charge in [-0.05, 0) is 36.6 Å². The lowest BCUT2D eigenvalue weighted by Crippen LogP contribution is -1.96. The van der Waals surface area contributed by atoms with Crippen LogP contribution in [0.15, 0.2) is 43.1 Å². The molecule has 0 bridgehead atoms. The topological polar surface area (TPSA) is 71.8 Å². The Bertz CT molecular complexity index is 997. The Balaban J connectivity index is 1.93. The van der Waals surface area contributed by atoms with Crippen LogP contribution in [0.1, 0.15) is 30.9 Å². The number of nitrogens with one attached hydrogen (secondary N) is 1. The molecule has 0 aliphatic rings. The molecule has 6 nitrogen and oxygen atoms in total. The van der Waals surface area contributed by atoms with Gasteiger partial charge in [-0.15, -0.1) is 0 Å². The number of aryl methyl sites for hydroxylation is 1. The van der Waals surface area contributed by atoms with Crippen LogP contribution in [-0.2, 0) is 0 Å². The first kappa shape index (κ1) is 14.6. The summed E-state index contributed by atoms with van der Waals surface area (Å²) in [5, 5.41) is 12.1. The average Bonchev–Trinajstić information content (AvgIpc) is 3.22. The van der Waals surface area contributed by atoms with Gasteiger partial charge in [0.2, 0.25) is 0 Å². The quantitative estimate of drug-likeness (QED) is 0.626. The Morgan fingerprint density at radius 2 is 2.08 bits per heavy atom. The Morgan fingerprint density at radius 3 is 2.83 bits per heavy atom. The molecule has 24 heavy (non-hydrogen) atoms. The molecule has 4 aromatic heterocycles. The minimum Gasteiger partial charge on any atom is -0.277 e. The molecular formula is C18H18N6. The molecule has 0 aliphatic heterocycles. The maximum atomic E-state index is 4.60. The zero-order chi connectivity index (χ0) is 16.7. The maximum Gasteiger partial charge on any atom is 0.158 e. The fourth-order valence-electron chi connectivity index (χ4n) is 3.09. The highest BCUT2D eigenvalue weighted by Crippen LogP contribution is 2.35. The summed E-state index contributed by atoms with van der Waals surface area (Å²) in [6, 6.07) is 6.09. The van der Waals surface area contributed by atoms with Gasteiger partial charge in [0.15, 0.2) is 5.65 Å². The summed E-state index contributed by atoms with van der Waals surface area (Å²) in [6.07, 6.45) is 7.18. The molecule has 0 unspecified atom stereocenters. The van der Waals surface area contributed by atoms with Crippen LogP contribution in [0.4, 0.5) is 0 Å². The molecule has 4 aromatic rings. The summed E-state index contributed by atoms with van der Waals surface area (Å²) in [4.78, 5) is 8.50. The normalized spacial score (nSPS) is 11.5. The second kappa shape index (κ2) is 5.56. The minimum absolute atomic E-state index is 0.320. The van der Waals surface area contributed by atoms with Crippen molar-refractivity contribution in [2.75, 3.05) is 0 Å². The second-order valence-corrected chi connectivity index (χ2v) is 6.20. The molecule has 6 heteroatoms. The first-order chi connectivity index (χ1) is 11.6. The number of aromatic amines is 1. The fourth-order valence-corrected chi connectivity index (χ4v) is 3.09. The first-order valence-electron chi connectivity index (χ1n) is 7.94. The summed E-state index contributed by atoms with van der Waals surface area (Å²) < 4.78 is 1.80. The van der Waals surface area contributed by atoms with Crippen LogP contribution in [0.3, 0.4) is 0 Å². The third-order valence-corrected chi connectivity index (χ3v) is 4.16. The van der Waals surface area contributed by atoms with E-state index < -0.39 is 0 Å². The number of fused-ring (bicyclic) bond motifs is 1. The Kier molecular flexibility index (Phi) is 3.37. The van der Waals surface area contributed by atoms with E-state index in [0.29, 0.717) is 5.92 Å². The van der Waals surface area contributed by atoms with Crippen molar-refractivity contribution < 1.29 is 0 Å². The van der Waals surface area contributed by atoms with E-state index in [1.807, 2.05) is 31.5 Å². The highest BCUT2D eigenvalue weighted by atomic mass is 15.3. The predicted octanol–water partition coefficient (Wildman–Crippen LogP) is 3.61. The zero-order valence-corrected chi connectivity index (χ0v) is 13.9. The average molecular weight is 318 g/mol. The van der Waals surface area contributed by atoms with E-state index in [1.165, 1.54) is 5.56 Å². The summed E-state index contributed by atoms with van der Waals surface area (Å²) in [5.74, 6) is 0.320. The van der Waals surface area contributed by atoms with Crippen LogP contribution in [0, 0.1) is 6.92 Å². The van der Waals surface area contributed by atoms with Gasteiger partial charge in [-0.25, -0.2) is 9.50 Å². The molecular weight excluding hydrogens is 300 g/mol. The Labute approximate surface area is 139 Å². The van der Waals surface area contributed by atoms with Crippen molar-refractivity contribution >= 4 is 5.65 Å². The van der Waals surface area contributed by atoms with Gasteiger partial charge in [0.1, 0.15) is 6.33 Å². The molecule has 0 spiro atoms. The van der Waals surface area contributed by atoms with Gasteiger partial charge in [0, 0.05) is 35.3 Å². The van der Waals surface area contributed by atoms with Gasteiger partial charge in [-0.2, -0.15) is 10.2 Å². The smallest absolute Gasteiger partial charge is 0.158 e. The van der Waals surface area contributed by atoms with Crippen molar-refractivity contribution in [3.8, 4) is 22.5 Å². The van der Waals surface area contributed by atoms with Crippen molar-refractivity contribution in [2.24, 2.45) is 0 Å². The van der Waals surface area contributed by atoms with E-state index in [-0.39, 0.29) is 0 Å². The van der Waals surface area contributed by atoms with Gasteiger partial charge >= 0.3 is 0 Å². The van der Waals surface area contributed by atoms with Crippen molar-refractivity contribution in [2.45, 2.75) is 26.7 Å². The number of nitrogens with zero attached hydrogens (tertiary/aromatic N) is 5. The molecule has 1 N–H and O–H groups in total. The highest BCUT2D eigenvalue weighted by Gasteiger charge is 2.20. The van der Waals surface area contributed by atoms with Crippen molar-refractivity contribution in [3.63, 3.8) is 0 Å². The van der Waals surface area contributed by atoms with E-state index in [2.05, 4.69) is 45.2 Å². The lowest BCUT2D eigenvalue weighted by atomic mass is 9.94. The third kappa shape index (κ3) is 2.27. The van der Waals surface area contributed by atoms with E-state index in [0.717, 1.165) is 33.7 Å². The minimum atomic E-state index is 0.320. The lowest BCUT2D eigenvalue weighted by Gasteiger charge is -2.10. The molecule has 0 fully saturated rings. The van der Waals surface area contributed by atoms with Gasteiger partial charge in [-0.3, -0.25) is 10.1 Å². The summed E-state index contributed by atoms with van der Waals surface area (Å²) in [7, 11) is 0. The highest BCUT2D eigenvalue weighted by molar-refractivity contribution is 5.75. The third-order valence-electron chi connectivity index (χ3n) is 4.16. The zero-order valence-electron chi connectivity index (χ0n) is 13.9. The standard InChI is InChI=1S/C18H18N6/c1-11(2)15-16(13-5-4-6-19-8-13)22-23-17(15)14-7-12(3)18-20-10-21-24(18)9-14/h4-11H,1-3H3,(H,22,23). The Morgan fingerprint density at radius 1 is 1.21 bits per heavy atom. The first-order valence-corrected chi connectivity index (χ1v) is 7.94. The molecule has 4 heterocycles. The largest absolute Gasteiger partial charge is 0.277 e. The molecule has 4 rings (SSSR count). The number of pyridine rings is 2. The number of hydrogen-bond acceptors (Lipinski definition) is 4. The fraction of sp³-hybridized carbons (Fsp3) is 0.222. The number of hydrogen-bond donors (Lipinski definition) is 1. The number of rotatable bonds is 3. The van der Waals surface area contributed by atoms with Crippen molar-refractivity contribution in [3.05, 3.63) is 54.2 Å². The van der Waals surface area contributed by atoms with Crippen LogP contribution in [-0.4, -0.2) is 29.8 Å². The second-order valence-electron chi connectivity index (χ2n) is 6.20. The Hall–Kier alpha value is -3.02. The van der Waals surface area contributed by atoms with Crippen LogP contribution >= 0.6 is 0 Å². The number of aromatic nitrogens is 6. The van der Waals surface area contributed by atoms with Crippen LogP contribution in [0.25, 0.3) is 28.2 Å². The molecule has 0 atom stereocenters. The van der Waals surface area contributed by atoms with Crippen LogP contribution < -0.4 is 0 Å². The molecule has 0 saturated heterocycles. The molecule has 0 saturated carbocycles. The van der Waals surface area contributed by atoms with E-state index in [1.54, 1.807) is 17.0 Å². The van der Waals surface area contributed by atoms with Crippen molar-refractivity contribution in [1.82, 2.24) is 29.8 Å². The monoisotopic (exact) mass is 318 g/mol. The summed E-state index contributed by atoms with van der Waals surface area (Å²) in [5.41, 5.74) is 7.16. The summed E-state index contributed by atoms with van der Waals surface area (Å²) >= 11 is 0. The van der Waals surface area contributed by atoms with Gasteiger partial charge in [-0.1, -0.05) is 13.8 Å². The molecule has 0 radical (unpaired) electrons. The number of H-pyrrole nitrogens is 1. The van der Waals surface area contributed by atoms with E-state index in [9.17, 15) is 0 Å². The van der Waals surface area contributed by atoms with Crippen LogP contribution in [0.5, 0.6) is 0 Å². The molecule has 0 aliphatic carbocycles. The SMILES string of the molecule is Cc1cc(-c2n[nH]c(-c3cccnc3)c2C(C)C)cn2ncnc12.